The molecule has 6 nitrogen and oxygen atoms in total. The maximum Gasteiger partial charge on any atom is 0.186 e. The molecule has 96 valence electrons. The van der Waals surface area contributed by atoms with Crippen molar-refractivity contribution in [2.45, 2.75) is 17.6 Å². The molecule has 0 aliphatic carbocycles. The second kappa shape index (κ2) is 4.41. The number of anilines is 1. The van der Waals surface area contributed by atoms with E-state index in [0.717, 1.165) is 5.56 Å². The molecular formula is C11H14N4O2S. The summed E-state index contributed by atoms with van der Waals surface area (Å²) < 4.78 is 25.9. The van der Waals surface area contributed by atoms with E-state index in [0.29, 0.717) is 11.4 Å². The first kappa shape index (κ1) is 12.6. The molecule has 2 rings (SSSR count). The number of hydrogen-bond acceptors (Lipinski definition) is 5. The first-order valence-electron chi connectivity index (χ1n) is 5.33. The Morgan fingerprint density at radius 2 is 2.11 bits per heavy atom. The summed E-state index contributed by atoms with van der Waals surface area (Å²) in [5, 5.41) is 7.48. The quantitative estimate of drug-likeness (QED) is 0.825. The number of nitrogen functional groups attached to an aromatic ring is 1. The highest BCUT2D eigenvalue weighted by Crippen LogP contribution is 2.24. The number of hydrogen-bond donors (Lipinski definition) is 1. The number of para-hydroxylation sites is 1. The topological polar surface area (TPSA) is 90.9 Å². The molecule has 0 atom stereocenters. The zero-order valence-electron chi connectivity index (χ0n) is 10.2. The van der Waals surface area contributed by atoms with Gasteiger partial charge in [-0.05, 0) is 18.6 Å². The molecule has 0 amide bonds. The molecule has 0 unspecified atom stereocenters. The Labute approximate surface area is 105 Å². The molecule has 1 heterocycles. The van der Waals surface area contributed by atoms with Gasteiger partial charge >= 0.3 is 0 Å². The fourth-order valence-electron chi connectivity index (χ4n) is 1.66. The van der Waals surface area contributed by atoms with E-state index < -0.39 is 9.84 Å². The predicted molar refractivity (Wildman–Crippen MR) is 67.5 cm³/mol. The number of rotatable bonds is 3. The maximum atomic E-state index is 12.2. The smallest absolute Gasteiger partial charge is 0.186 e. The lowest BCUT2D eigenvalue weighted by molar-refractivity contribution is 0.595. The lowest BCUT2D eigenvalue weighted by Gasteiger charge is -2.08. The standard InChI is InChI=1S/C11H14N4O2S/c1-8-4-3-5-10(11(8)12)18(16,17)7-9-6-15(2)14-13-9/h3-6H,7,12H2,1-2H3. The molecule has 2 N–H and O–H groups in total. The van der Waals surface area contributed by atoms with Gasteiger partial charge in [0.15, 0.2) is 9.84 Å². The molecule has 7 heteroatoms. The van der Waals surface area contributed by atoms with Crippen LogP contribution in [-0.4, -0.2) is 23.4 Å². The molecule has 1 aromatic heterocycles. The van der Waals surface area contributed by atoms with E-state index in [4.69, 9.17) is 5.73 Å². The summed E-state index contributed by atoms with van der Waals surface area (Å²) in [5.74, 6) is -0.200. The second-order valence-corrected chi connectivity index (χ2v) is 6.09. The van der Waals surface area contributed by atoms with Gasteiger partial charge in [-0.15, -0.1) is 5.10 Å². The van der Waals surface area contributed by atoms with Gasteiger partial charge in [0.1, 0.15) is 5.75 Å². The number of aromatic nitrogens is 3. The van der Waals surface area contributed by atoms with Crippen molar-refractivity contribution in [3.63, 3.8) is 0 Å². The summed E-state index contributed by atoms with van der Waals surface area (Å²) in [5.41, 5.74) is 7.25. The summed E-state index contributed by atoms with van der Waals surface area (Å²) >= 11 is 0. The van der Waals surface area contributed by atoms with E-state index in [9.17, 15) is 8.42 Å². The first-order chi connectivity index (χ1) is 8.40. The van der Waals surface area contributed by atoms with E-state index in [1.165, 1.54) is 10.7 Å². The van der Waals surface area contributed by atoms with Gasteiger partial charge < -0.3 is 5.73 Å². The summed E-state index contributed by atoms with van der Waals surface area (Å²) in [7, 11) is -1.81. The molecule has 0 spiro atoms. The van der Waals surface area contributed by atoms with Crippen molar-refractivity contribution in [3.8, 4) is 0 Å². The molecular weight excluding hydrogens is 252 g/mol. The minimum absolute atomic E-state index is 0.146. The van der Waals surface area contributed by atoms with E-state index in [-0.39, 0.29) is 10.6 Å². The first-order valence-corrected chi connectivity index (χ1v) is 6.98. The number of nitrogens with two attached hydrogens (primary N) is 1. The van der Waals surface area contributed by atoms with Crippen molar-refractivity contribution in [1.82, 2.24) is 15.0 Å². The van der Waals surface area contributed by atoms with Crippen molar-refractivity contribution in [2.75, 3.05) is 5.73 Å². The fraction of sp³-hybridized carbons (Fsp3) is 0.273. The van der Waals surface area contributed by atoms with Gasteiger partial charge in [0, 0.05) is 13.2 Å². The van der Waals surface area contributed by atoms with E-state index in [1.54, 1.807) is 32.3 Å². The average Bonchev–Trinajstić information content (AvgIpc) is 2.67. The molecule has 0 saturated carbocycles. The molecule has 0 saturated heterocycles. The monoisotopic (exact) mass is 266 g/mol. The van der Waals surface area contributed by atoms with Crippen molar-refractivity contribution in [2.24, 2.45) is 7.05 Å². The van der Waals surface area contributed by atoms with Crippen LogP contribution in [0, 0.1) is 6.92 Å². The van der Waals surface area contributed by atoms with Crippen molar-refractivity contribution in [1.29, 1.82) is 0 Å². The van der Waals surface area contributed by atoms with Gasteiger partial charge in [0.25, 0.3) is 0 Å². The molecule has 0 bridgehead atoms. The van der Waals surface area contributed by atoms with Crippen LogP contribution in [0.1, 0.15) is 11.3 Å². The van der Waals surface area contributed by atoms with Crippen LogP contribution in [0.2, 0.25) is 0 Å². The van der Waals surface area contributed by atoms with Crippen LogP contribution in [0.15, 0.2) is 29.3 Å². The number of sulfone groups is 1. The van der Waals surface area contributed by atoms with Crippen LogP contribution >= 0.6 is 0 Å². The summed E-state index contributed by atoms with van der Waals surface area (Å²) in [6, 6.07) is 4.96. The zero-order valence-corrected chi connectivity index (χ0v) is 11.0. The Morgan fingerprint density at radius 3 is 2.72 bits per heavy atom. The third kappa shape index (κ3) is 2.35. The van der Waals surface area contributed by atoms with E-state index in [2.05, 4.69) is 10.3 Å². The molecule has 0 aliphatic rings. The normalized spacial score (nSPS) is 11.7. The van der Waals surface area contributed by atoms with Crippen molar-refractivity contribution < 1.29 is 8.42 Å². The number of benzene rings is 1. The second-order valence-electron chi connectivity index (χ2n) is 4.13. The lowest BCUT2D eigenvalue weighted by Crippen LogP contribution is -2.09. The van der Waals surface area contributed by atoms with E-state index >= 15 is 0 Å². The third-order valence-corrected chi connectivity index (χ3v) is 4.31. The third-order valence-electron chi connectivity index (χ3n) is 2.61. The highest BCUT2D eigenvalue weighted by molar-refractivity contribution is 7.90. The van der Waals surface area contributed by atoms with Gasteiger partial charge in [0.05, 0.1) is 16.3 Å². The Bertz CT molecular complexity index is 676. The zero-order chi connectivity index (χ0) is 13.3. The Balaban J connectivity index is 2.40. The largest absolute Gasteiger partial charge is 0.397 e. The minimum atomic E-state index is -3.49. The number of aryl methyl sites for hydroxylation is 2. The maximum absolute atomic E-state index is 12.2. The van der Waals surface area contributed by atoms with Crippen LogP contribution in [-0.2, 0) is 22.6 Å². The van der Waals surface area contributed by atoms with Crippen LogP contribution in [0.5, 0.6) is 0 Å². The van der Waals surface area contributed by atoms with Crippen molar-refractivity contribution in [3.05, 3.63) is 35.7 Å². The summed E-state index contributed by atoms with van der Waals surface area (Å²) in [6.45, 7) is 1.77. The highest BCUT2D eigenvalue weighted by atomic mass is 32.2. The molecule has 0 aliphatic heterocycles. The molecule has 1 aromatic carbocycles. The Hall–Kier alpha value is -1.89. The van der Waals surface area contributed by atoms with Crippen LogP contribution in [0.4, 0.5) is 5.69 Å². The molecule has 0 radical (unpaired) electrons. The molecule has 2 aromatic rings. The van der Waals surface area contributed by atoms with Gasteiger partial charge in [-0.1, -0.05) is 17.3 Å². The number of nitrogens with zero attached hydrogens (tertiary/aromatic N) is 3. The van der Waals surface area contributed by atoms with Crippen LogP contribution in [0.25, 0.3) is 0 Å². The van der Waals surface area contributed by atoms with Gasteiger partial charge in [-0.3, -0.25) is 4.68 Å². The van der Waals surface area contributed by atoms with Gasteiger partial charge in [0.2, 0.25) is 0 Å². The highest BCUT2D eigenvalue weighted by Gasteiger charge is 2.20. The summed E-state index contributed by atoms with van der Waals surface area (Å²) in [6.07, 6.45) is 1.57. The van der Waals surface area contributed by atoms with E-state index in [1.807, 2.05) is 0 Å². The van der Waals surface area contributed by atoms with Crippen LogP contribution < -0.4 is 5.73 Å². The minimum Gasteiger partial charge on any atom is -0.397 e. The molecule has 0 fully saturated rings. The fourth-order valence-corrected chi connectivity index (χ4v) is 3.12. The Morgan fingerprint density at radius 1 is 1.39 bits per heavy atom. The predicted octanol–water partition coefficient (Wildman–Crippen LogP) is 0.680. The van der Waals surface area contributed by atoms with Crippen molar-refractivity contribution >= 4 is 15.5 Å². The average molecular weight is 266 g/mol. The van der Waals surface area contributed by atoms with Gasteiger partial charge in [-0.2, -0.15) is 0 Å². The van der Waals surface area contributed by atoms with Crippen LogP contribution in [0.3, 0.4) is 0 Å². The lowest BCUT2D eigenvalue weighted by atomic mass is 10.2. The Kier molecular flexibility index (Phi) is 3.08. The summed E-state index contributed by atoms with van der Waals surface area (Å²) in [4.78, 5) is 0.146. The molecule has 18 heavy (non-hydrogen) atoms. The SMILES string of the molecule is Cc1cccc(S(=O)(=O)Cc2cn(C)nn2)c1N. The van der Waals surface area contributed by atoms with Gasteiger partial charge in [-0.25, -0.2) is 8.42 Å².